The van der Waals surface area contributed by atoms with E-state index in [1.165, 1.54) is 55.3 Å². The van der Waals surface area contributed by atoms with Crippen molar-refractivity contribution in [2.75, 3.05) is 4.90 Å². The zero-order chi connectivity index (χ0) is 29.7. The summed E-state index contributed by atoms with van der Waals surface area (Å²) in [6.07, 6.45) is 0. The van der Waals surface area contributed by atoms with E-state index in [1.54, 1.807) is 0 Å². The van der Waals surface area contributed by atoms with Gasteiger partial charge in [-0.3, -0.25) is 0 Å². The van der Waals surface area contributed by atoms with Crippen LogP contribution in [0.25, 0.3) is 44.2 Å². The highest BCUT2D eigenvalue weighted by molar-refractivity contribution is 6.02. The first-order valence-electron chi connectivity index (χ1n) is 15.4. The van der Waals surface area contributed by atoms with Crippen LogP contribution in [0, 0.1) is 0 Å². The Labute approximate surface area is 259 Å². The van der Waals surface area contributed by atoms with Crippen molar-refractivity contribution in [1.82, 2.24) is 0 Å². The highest BCUT2D eigenvalue weighted by atomic mass is 15.1. The fourth-order valence-electron chi connectivity index (χ4n) is 6.97. The van der Waals surface area contributed by atoms with Crippen molar-refractivity contribution in [2.24, 2.45) is 0 Å². The number of para-hydroxylation sites is 1. The van der Waals surface area contributed by atoms with Gasteiger partial charge in [-0.15, -0.1) is 0 Å². The predicted molar refractivity (Wildman–Crippen MR) is 187 cm³/mol. The van der Waals surface area contributed by atoms with Gasteiger partial charge in [0.2, 0.25) is 0 Å². The lowest BCUT2D eigenvalue weighted by Gasteiger charge is -2.26. The molecule has 0 N–H and O–H groups in total. The molecule has 0 saturated heterocycles. The van der Waals surface area contributed by atoms with Gasteiger partial charge in [-0.05, 0) is 104 Å². The van der Waals surface area contributed by atoms with Crippen molar-refractivity contribution in [3.8, 4) is 33.4 Å². The number of nitrogens with zero attached hydrogens (tertiary/aromatic N) is 1. The maximum atomic E-state index is 2.42. The van der Waals surface area contributed by atoms with Crippen LogP contribution >= 0.6 is 0 Å². The maximum absolute atomic E-state index is 2.42. The van der Waals surface area contributed by atoms with E-state index in [2.05, 4.69) is 183 Å². The molecule has 7 aromatic rings. The van der Waals surface area contributed by atoms with Gasteiger partial charge in [0.05, 0.1) is 0 Å². The molecule has 0 bridgehead atoms. The van der Waals surface area contributed by atoms with E-state index in [0.717, 1.165) is 17.1 Å². The summed E-state index contributed by atoms with van der Waals surface area (Å²) in [5, 5.41) is 2.58. The minimum atomic E-state index is -0.00202. The second-order valence-corrected chi connectivity index (χ2v) is 12.2. The highest BCUT2D eigenvalue weighted by Gasteiger charge is 2.35. The van der Waals surface area contributed by atoms with Gasteiger partial charge in [0.1, 0.15) is 0 Å². The lowest BCUT2D eigenvalue weighted by atomic mass is 9.81. The largest absolute Gasteiger partial charge is 0.311 e. The molecule has 0 atom stereocenters. The second-order valence-electron chi connectivity index (χ2n) is 12.2. The molecule has 0 saturated carbocycles. The third-order valence-corrected chi connectivity index (χ3v) is 9.27. The molecule has 1 nitrogen and oxygen atoms in total. The van der Waals surface area contributed by atoms with Crippen molar-refractivity contribution in [3.05, 3.63) is 175 Å². The topological polar surface area (TPSA) is 3.24 Å². The summed E-state index contributed by atoms with van der Waals surface area (Å²) in [4.78, 5) is 2.33. The Morgan fingerprint density at radius 3 is 1.64 bits per heavy atom. The van der Waals surface area contributed by atoms with Gasteiger partial charge in [0, 0.05) is 22.5 Å². The third-order valence-electron chi connectivity index (χ3n) is 9.27. The van der Waals surface area contributed by atoms with Crippen molar-refractivity contribution in [2.45, 2.75) is 19.3 Å². The molecule has 0 unspecified atom stereocenters. The maximum Gasteiger partial charge on any atom is 0.0462 e. The number of hydrogen-bond donors (Lipinski definition) is 0. The fraction of sp³-hybridized carbons (Fsp3) is 0.0698. The molecule has 0 fully saturated rings. The number of anilines is 3. The van der Waals surface area contributed by atoms with Crippen LogP contribution in [0.3, 0.4) is 0 Å². The molecule has 44 heavy (non-hydrogen) atoms. The summed E-state index contributed by atoms with van der Waals surface area (Å²) in [5.41, 5.74) is 13.8. The minimum absolute atomic E-state index is 0.00202. The molecule has 0 amide bonds. The molecule has 0 radical (unpaired) electrons. The summed E-state index contributed by atoms with van der Waals surface area (Å²) in [7, 11) is 0. The minimum Gasteiger partial charge on any atom is -0.311 e. The van der Waals surface area contributed by atoms with E-state index >= 15 is 0 Å². The molecule has 1 aliphatic rings. The molecular weight excluding hydrogens is 530 g/mol. The van der Waals surface area contributed by atoms with Gasteiger partial charge in [-0.2, -0.15) is 0 Å². The van der Waals surface area contributed by atoms with Crippen molar-refractivity contribution in [1.29, 1.82) is 0 Å². The molecule has 1 heteroatoms. The molecule has 1 aliphatic carbocycles. The van der Waals surface area contributed by atoms with Crippen molar-refractivity contribution >= 4 is 27.8 Å². The standard InChI is InChI=1S/C43H33N/c1-43(2)41-19-10-9-17-38(41)40-29-39-33(28-42(40)43)14-11-18-37(39)32-22-26-36(27-23-32)44(34-15-7-4-8-16-34)35-24-20-31(21-25-35)30-12-5-3-6-13-30/h3-29H,1-2H3. The van der Waals surface area contributed by atoms with Gasteiger partial charge in [0.15, 0.2) is 0 Å². The predicted octanol–water partition coefficient (Wildman–Crippen LogP) is 11.9. The Morgan fingerprint density at radius 1 is 0.386 bits per heavy atom. The van der Waals surface area contributed by atoms with Crippen LogP contribution in [0.2, 0.25) is 0 Å². The summed E-state index contributed by atoms with van der Waals surface area (Å²) in [6, 6.07) is 59.5. The van der Waals surface area contributed by atoms with Gasteiger partial charge < -0.3 is 4.90 Å². The highest BCUT2D eigenvalue weighted by Crippen LogP contribution is 2.50. The molecule has 8 rings (SSSR count). The van der Waals surface area contributed by atoms with Gasteiger partial charge in [-0.1, -0.05) is 129 Å². The summed E-state index contributed by atoms with van der Waals surface area (Å²) >= 11 is 0. The summed E-state index contributed by atoms with van der Waals surface area (Å²) in [6.45, 7) is 4.69. The molecule has 210 valence electrons. The molecule has 7 aromatic carbocycles. The summed E-state index contributed by atoms with van der Waals surface area (Å²) in [5.74, 6) is 0. The van der Waals surface area contributed by atoms with Gasteiger partial charge >= 0.3 is 0 Å². The molecule has 0 heterocycles. The smallest absolute Gasteiger partial charge is 0.0462 e. The third kappa shape index (κ3) is 4.32. The molecule has 0 aliphatic heterocycles. The number of rotatable bonds is 5. The van der Waals surface area contributed by atoms with Crippen molar-refractivity contribution < 1.29 is 0 Å². The Kier molecular flexibility index (Phi) is 6.20. The van der Waals surface area contributed by atoms with E-state index in [9.17, 15) is 0 Å². The van der Waals surface area contributed by atoms with Crippen LogP contribution in [-0.2, 0) is 5.41 Å². The Balaban J connectivity index is 1.20. The van der Waals surface area contributed by atoms with Gasteiger partial charge in [0.25, 0.3) is 0 Å². The lowest BCUT2D eigenvalue weighted by molar-refractivity contribution is 0.661. The number of hydrogen-bond acceptors (Lipinski definition) is 1. The molecule has 0 aromatic heterocycles. The second kappa shape index (κ2) is 10.4. The molecular formula is C43H33N. The average molecular weight is 564 g/mol. The van der Waals surface area contributed by atoms with E-state index in [0.29, 0.717) is 0 Å². The van der Waals surface area contributed by atoms with Crippen LogP contribution in [0.4, 0.5) is 17.1 Å². The number of fused-ring (bicyclic) bond motifs is 4. The van der Waals surface area contributed by atoms with Crippen LogP contribution in [0.5, 0.6) is 0 Å². The normalized spacial score (nSPS) is 13.0. The number of benzene rings is 7. The van der Waals surface area contributed by atoms with Gasteiger partial charge in [-0.25, -0.2) is 0 Å². The average Bonchev–Trinajstić information content (AvgIpc) is 3.31. The quantitative estimate of drug-likeness (QED) is 0.201. The fourth-order valence-corrected chi connectivity index (χ4v) is 6.97. The Bertz CT molecular complexity index is 2110. The van der Waals surface area contributed by atoms with Crippen LogP contribution in [0.15, 0.2) is 164 Å². The Morgan fingerprint density at radius 2 is 0.932 bits per heavy atom. The first kappa shape index (κ1) is 26.2. The Hall–Kier alpha value is -5.40. The zero-order valence-corrected chi connectivity index (χ0v) is 25.0. The zero-order valence-electron chi connectivity index (χ0n) is 25.0. The van der Waals surface area contributed by atoms with Crippen molar-refractivity contribution in [3.63, 3.8) is 0 Å². The SMILES string of the molecule is CC1(C)c2ccccc2-c2cc3c(-c4ccc(N(c5ccccc5)c5ccc(-c6ccccc6)cc5)cc4)cccc3cc21. The van der Waals surface area contributed by atoms with E-state index in [-0.39, 0.29) is 5.41 Å². The van der Waals surface area contributed by atoms with Crippen LogP contribution in [-0.4, -0.2) is 0 Å². The lowest BCUT2D eigenvalue weighted by Crippen LogP contribution is -2.14. The molecule has 0 spiro atoms. The summed E-state index contributed by atoms with van der Waals surface area (Å²) < 4.78 is 0. The van der Waals surface area contributed by atoms with E-state index < -0.39 is 0 Å². The van der Waals surface area contributed by atoms with E-state index in [4.69, 9.17) is 0 Å². The van der Waals surface area contributed by atoms with Crippen LogP contribution in [0.1, 0.15) is 25.0 Å². The first-order chi connectivity index (χ1) is 21.6. The first-order valence-corrected chi connectivity index (χ1v) is 15.4. The van der Waals surface area contributed by atoms with E-state index in [1.807, 2.05) is 0 Å². The monoisotopic (exact) mass is 563 g/mol. The van der Waals surface area contributed by atoms with Crippen LogP contribution < -0.4 is 4.90 Å².